The zero-order valence-corrected chi connectivity index (χ0v) is 78.6. The molecule has 0 fully saturated rings. The van der Waals surface area contributed by atoms with Crippen LogP contribution < -0.4 is 14.7 Å². The van der Waals surface area contributed by atoms with E-state index in [1.54, 1.807) is 0 Å². The Morgan fingerprint density at radius 2 is 0.312 bits per heavy atom. The van der Waals surface area contributed by atoms with Crippen LogP contribution in [-0.4, -0.2) is 0 Å². The van der Waals surface area contributed by atoms with E-state index in [0.29, 0.717) is 0 Å². The fraction of sp³-hybridized carbons (Fsp3) is 0.0667. The van der Waals surface area contributed by atoms with Crippen molar-refractivity contribution in [1.82, 2.24) is 0 Å². The molecule has 0 bridgehead atoms. The largest absolute Gasteiger partial charge is 0.310 e. The minimum Gasteiger partial charge on any atom is -0.310 e. The summed E-state index contributed by atoms with van der Waals surface area (Å²) in [5, 5.41) is 0. The summed E-state index contributed by atoms with van der Waals surface area (Å²) in [7, 11) is 0. The van der Waals surface area contributed by atoms with Crippen molar-refractivity contribution < 1.29 is 0 Å². The zero-order chi connectivity index (χ0) is 93.3. The third-order valence-corrected chi connectivity index (χ3v) is 28.2. The third-order valence-electron chi connectivity index (χ3n) is 28.2. The molecule has 0 saturated carbocycles. The Labute approximate surface area is 812 Å². The van der Waals surface area contributed by atoms with Crippen molar-refractivity contribution in [2.45, 2.75) is 57.8 Å². The zero-order valence-electron chi connectivity index (χ0n) is 78.6. The first-order valence-electron chi connectivity index (χ1n) is 48.1. The van der Waals surface area contributed by atoms with Gasteiger partial charge in [0.1, 0.15) is 0 Å². The molecule has 3 heteroatoms. The molecule has 3 nitrogen and oxygen atoms in total. The van der Waals surface area contributed by atoms with Gasteiger partial charge in [-0.2, -0.15) is 0 Å². The first-order chi connectivity index (χ1) is 67.7. The normalized spacial score (nSPS) is 12.9. The van der Waals surface area contributed by atoms with Crippen LogP contribution in [0.1, 0.15) is 74.9 Å². The third kappa shape index (κ3) is 16.7. The molecule has 0 aromatic heterocycles. The van der Waals surface area contributed by atoms with Crippen molar-refractivity contribution in [3.63, 3.8) is 0 Å². The summed E-state index contributed by atoms with van der Waals surface area (Å²) < 4.78 is 0. The van der Waals surface area contributed by atoms with E-state index in [4.69, 9.17) is 0 Å². The summed E-state index contributed by atoms with van der Waals surface area (Å²) in [6, 6.07) is 191. The van der Waals surface area contributed by atoms with Crippen LogP contribution in [0.4, 0.5) is 51.2 Å². The summed E-state index contributed by atoms with van der Waals surface area (Å²) in [5.74, 6) is 0. The fourth-order valence-electron chi connectivity index (χ4n) is 21.0. The van der Waals surface area contributed by atoms with Crippen LogP contribution in [0.2, 0.25) is 0 Å². The lowest BCUT2D eigenvalue weighted by molar-refractivity contribution is 0.567. The first-order valence-corrected chi connectivity index (χ1v) is 48.1. The number of benzene rings is 21. The smallest absolute Gasteiger partial charge is 0.0544 e. The summed E-state index contributed by atoms with van der Waals surface area (Å²) in [4.78, 5) is 7.52. The minimum absolute atomic E-state index is 0.203. The number of anilines is 9. The van der Waals surface area contributed by atoms with E-state index >= 15 is 0 Å². The number of hydrogen-bond donors (Lipinski definition) is 0. The van der Waals surface area contributed by atoms with Crippen LogP contribution in [0, 0.1) is 0 Å². The maximum atomic E-state index is 2.68. The van der Waals surface area contributed by atoms with Gasteiger partial charge in [0.2, 0.25) is 0 Å². The molecule has 21 aromatic carbocycles. The van der Waals surface area contributed by atoms with Gasteiger partial charge >= 0.3 is 0 Å². The lowest BCUT2D eigenvalue weighted by atomic mass is 9.60. The topological polar surface area (TPSA) is 9.72 Å². The summed E-state index contributed by atoms with van der Waals surface area (Å²) >= 11 is 0. The summed E-state index contributed by atoms with van der Waals surface area (Å²) in [6.45, 7) is 14.7. The molecule has 138 heavy (non-hydrogen) atoms. The molecule has 0 aliphatic carbocycles. The van der Waals surface area contributed by atoms with E-state index in [2.05, 4.69) is 584 Å². The van der Waals surface area contributed by atoms with Crippen molar-refractivity contribution in [3.05, 3.63) is 561 Å². The highest BCUT2D eigenvalue weighted by atomic mass is 15.2. The van der Waals surface area contributed by atoms with E-state index in [0.717, 1.165) is 34.1 Å². The van der Waals surface area contributed by atoms with Crippen molar-refractivity contribution in [1.29, 1.82) is 0 Å². The Kier molecular flexibility index (Phi) is 23.2. The standard InChI is InChI=1S/C48H35N.C45H39N.C42H31N/c1-6-18-36(19-7-1)41-30-42(37-20-8-2-9-21-37)33-45(32-41)49(48-29-17-16-28-47(48)40-26-14-5-15-27-40)46-34-43(38-22-10-3-11-23-38)31-44(35-46)39-24-12-4-13-25-39;1-43(2)34-22-31(28-16-10-7-11-17-28)24-36-40(34)46-41-35(43)23-32(29-18-12-8-13-19-29)25-37(41)45(5,6)39-27-33(30-20-14-9-15-21-30)26-38(42(39)46)44(36,3)4;1-4-15-32(16-5-1)35-21-12-24-38(29-35)41-27-10-11-28-42(41)43(39-25-13-22-36(30-39)33-17-6-2-7-18-33)40-26-14-23-37(31-40)34-19-8-3-9-20-34/h1-35H;7-27H,1-6H3;1-31H. The van der Waals surface area contributed by atoms with Crippen molar-refractivity contribution in [2.24, 2.45) is 0 Å². The predicted molar refractivity (Wildman–Crippen MR) is 585 cm³/mol. The number of rotatable bonds is 18. The van der Waals surface area contributed by atoms with Crippen molar-refractivity contribution >= 4 is 51.2 Å². The van der Waals surface area contributed by atoms with Crippen molar-refractivity contribution in [2.75, 3.05) is 14.7 Å². The lowest BCUT2D eigenvalue weighted by Crippen LogP contribution is -2.43. The number of hydrogen-bond acceptors (Lipinski definition) is 3. The van der Waals surface area contributed by atoms with Gasteiger partial charge in [0, 0.05) is 50.1 Å². The molecule has 0 N–H and O–H groups in total. The van der Waals surface area contributed by atoms with Gasteiger partial charge in [0.05, 0.1) is 28.4 Å². The second kappa shape index (κ2) is 37.1. The SMILES string of the molecule is CC1(C)c2cc(-c3ccccc3)cc3c2N2c4c1cc(-c1ccccc1)cc4C(C)(C)c1cc(-c4ccccc4)cc(c12)C3(C)C.c1ccc(-c2cc(-c3ccccc3)cc(N(c3cc(-c4ccccc4)cc(-c4ccccc4)c3)c3ccccc3-c3ccccc3)c2)cc1.c1ccc(-c2cccc(-c3ccccc3N(c3cccc(-c4ccccc4)c3)c3cccc(-c4ccccc4)c3)c2)cc1. The van der Waals surface area contributed by atoms with E-state index < -0.39 is 0 Å². The maximum absolute atomic E-state index is 2.68. The molecule has 0 saturated heterocycles. The molecule has 3 aliphatic heterocycles. The molecule has 3 heterocycles. The Balaban J connectivity index is 0.000000120. The average molecular weight is 1770 g/mol. The molecule has 0 radical (unpaired) electrons. The van der Waals surface area contributed by atoms with Gasteiger partial charge in [-0.15, -0.1) is 0 Å². The van der Waals surface area contributed by atoms with Crippen LogP contribution in [0.25, 0.3) is 134 Å². The van der Waals surface area contributed by atoms with E-state index in [1.165, 1.54) is 184 Å². The van der Waals surface area contributed by atoms with E-state index in [-0.39, 0.29) is 16.2 Å². The first kappa shape index (κ1) is 86.4. The van der Waals surface area contributed by atoms with Crippen molar-refractivity contribution in [3.8, 4) is 134 Å². The molecule has 0 spiro atoms. The highest BCUT2D eigenvalue weighted by Crippen LogP contribution is 2.68. The summed E-state index contributed by atoms with van der Waals surface area (Å²) in [5.41, 5.74) is 47.6. The molecule has 0 unspecified atom stereocenters. The Morgan fingerprint density at radius 3 is 0.580 bits per heavy atom. The molecule has 21 aromatic rings. The molecule has 0 amide bonds. The van der Waals surface area contributed by atoms with Gasteiger partial charge in [-0.3, -0.25) is 0 Å². The highest BCUT2D eigenvalue weighted by molar-refractivity contribution is 6.02. The second-order valence-corrected chi connectivity index (χ2v) is 37.9. The number of nitrogens with zero attached hydrogens (tertiary/aromatic N) is 3. The van der Waals surface area contributed by atoms with Gasteiger partial charge in [-0.1, -0.05) is 454 Å². The molecule has 3 aliphatic rings. The fourth-order valence-corrected chi connectivity index (χ4v) is 21.0. The van der Waals surface area contributed by atoms with E-state index in [1.807, 2.05) is 0 Å². The maximum Gasteiger partial charge on any atom is 0.0544 e. The average Bonchev–Trinajstić information content (AvgIpc) is 0.660. The Bertz CT molecular complexity index is 7300. The highest BCUT2D eigenvalue weighted by Gasteiger charge is 2.53. The summed E-state index contributed by atoms with van der Waals surface area (Å²) in [6.07, 6.45) is 0. The van der Waals surface area contributed by atoms with Crippen LogP contribution >= 0.6 is 0 Å². The van der Waals surface area contributed by atoms with Crippen LogP contribution in [0.5, 0.6) is 0 Å². The second-order valence-electron chi connectivity index (χ2n) is 37.9. The lowest BCUT2D eigenvalue weighted by Gasteiger charge is -2.55. The van der Waals surface area contributed by atoms with Gasteiger partial charge in [-0.05, 0) is 271 Å². The molecule has 24 rings (SSSR count). The Morgan fingerprint density at radius 1 is 0.138 bits per heavy atom. The Hall–Kier alpha value is -17.0. The van der Waals surface area contributed by atoms with Gasteiger partial charge < -0.3 is 14.7 Å². The molecular weight excluding hydrogens is 1660 g/mol. The van der Waals surface area contributed by atoms with Crippen LogP contribution in [0.3, 0.4) is 0 Å². The number of para-hydroxylation sites is 2. The van der Waals surface area contributed by atoms with Gasteiger partial charge in [0.15, 0.2) is 0 Å². The van der Waals surface area contributed by atoms with Crippen LogP contribution in [0.15, 0.2) is 528 Å². The monoisotopic (exact) mass is 1770 g/mol. The quantitative estimate of drug-likeness (QED) is 0.0848. The minimum atomic E-state index is -0.203. The van der Waals surface area contributed by atoms with E-state index in [9.17, 15) is 0 Å². The van der Waals surface area contributed by atoms with Crippen LogP contribution in [-0.2, 0) is 16.2 Å². The molecule has 0 atom stereocenters. The molecular formula is C135H105N3. The predicted octanol–water partition coefficient (Wildman–Crippen LogP) is 37.4. The van der Waals surface area contributed by atoms with Gasteiger partial charge in [-0.25, -0.2) is 0 Å². The molecule has 660 valence electrons. The van der Waals surface area contributed by atoms with Gasteiger partial charge in [0.25, 0.3) is 0 Å².